The standard InChI is InChI=1S/C21H20N2O3S.C4H10.2C2H6/c1-4-8-23-11-16(21(25)26)18(24)10-17(23)14(3)9-13(2)15-6-5-7-19-20(15)22-12-27-19;1-4(2)3;2*1-2/h5-7,9-12H,2,4,8H2,1,3H3,(H,25,26);4H,1-3H3;2*1-2H3/b14-9+;;;. The van der Waals surface area contributed by atoms with Gasteiger partial charge in [-0.15, -0.1) is 11.3 Å². The molecule has 6 heteroatoms. The molecule has 0 saturated heterocycles. The molecule has 0 saturated carbocycles. The molecular formula is C29H42N2O3S. The van der Waals surface area contributed by atoms with E-state index in [1.165, 1.54) is 12.3 Å². The summed E-state index contributed by atoms with van der Waals surface area (Å²) in [7, 11) is 0. The summed E-state index contributed by atoms with van der Waals surface area (Å²) in [5.74, 6) is -0.377. The number of aromatic nitrogens is 2. The fraction of sp³-hybridized carbons (Fsp3) is 0.414. The van der Waals surface area contributed by atoms with E-state index in [0.29, 0.717) is 12.2 Å². The number of thiazole rings is 1. The van der Waals surface area contributed by atoms with Crippen molar-refractivity contribution < 1.29 is 9.90 Å². The number of aromatic carboxylic acids is 1. The number of hydrogen-bond acceptors (Lipinski definition) is 4. The number of fused-ring (bicyclic) bond motifs is 1. The number of rotatable bonds is 6. The van der Waals surface area contributed by atoms with Gasteiger partial charge in [-0.25, -0.2) is 9.78 Å². The van der Waals surface area contributed by atoms with Gasteiger partial charge in [0.15, 0.2) is 5.43 Å². The number of pyridine rings is 1. The lowest BCUT2D eigenvalue weighted by Crippen LogP contribution is -2.19. The minimum absolute atomic E-state index is 0.217. The van der Waals surface area contributed by atoms with Crippen LogP contribution in [-0.4, -0.2) is 20.6 Å². The van der Waals surface area contributed by atoms with Crippen molar-refractivity contribution in [1.82, 2.24) is 9.55 Å². The molecule has 1 aromatic carbocycles. The van der Waals surface area contributed by atoms with Gasteiger partial charge in [0.05, 0.1) is 15.7 Å². The molecule has 0 bridgehead atoms. The summed E-state index contributed by atoms with van der Waals surface area (Å²) in [5, 5.41) is 9.21. The van der Waals surface area contributed by atoms with E-state index in [9.17, 15) is 14.7 Å². The van der Waals surface area contributed by atoms with E-state index in [4.69, 9.17) is 0 Å². The molecule has 0 amide bonds. The number of carboxylic acids is 1. The molecule has 2 heterocycles. The van der Waals surface area contributed by atoms with Gasteiger partial charge in [0.25, 0.3) is 0 Å². The molecule has 0 aliphatic heterocycles. The molecule has 0 aliphatic carbocycles. The van der Waals surface area contributed by atoms with Crippen LogP contribution in [0.25, 0.3) is 21.4 Å². The maximum atomic E-state index is 12.2. The summed E-state index contributed by atoms with van der Waals surface area (Å²) in [6, 6.07) is 7.35. The zero-order valence-corrected chi connectivity index (χ0v) is 23.6. The van der Waals surface area contributed by atoms with Gasteiger partial charge in [-0.1, -0.05) is 74.1 Å². The van der Waals surface area contributed by atoms with Crippen LogP contribution in [0.5, 0.6) is 0 Å². The molecule has 2 aromatic heterocycles. The Bertz CT molecular complexity index is 1170. The highest BCUT2D eigenvalue weighted by Crippen LogP contribution is 2.28. The van der Waals surface area contributed by atoms with E-state index < -0.39 is 11.4 Å². The van der Waals surface area contributed by atoms with E-state index in [1.807, 2.05) is 75.9 Å². The highest BCUT2D eigenvalue weighted by Gasteiger charge is 2.14. The van der Waals surface area contributed by atoms with Gasteiger partial charge in [0, 0.05) is 30.1 Å². The summed E-state index contributed by atoms with van der Waals surface area (Å²) in [6.45, 7) is 23.2. The first-order valence-corrected chi connectivity index (χ1v) is 13.2. The molecule has 1 N–H and O–H groups in total. The third-order valence-electron chi connectivity index (χ3n) is 4.32. The van der Waals surface area contributed by atoms with Crippen molar-refractivity contribution in [3.8, 4) is 0 Å². The zero-order valence-electron chi connectivity index (χ0n) is 22.8. The second-order valence-electron chi connectivity index (χ2n) is 8.02. The van der Waals surface area contributed by atoms with Crippen LogP contribution in [0.1, 0.15) is 90.3 Å². The smallest absolute Gasteiger partial charge is 0.341 e. The minimum atomic E-state index is -1.21. The summed E-state index contributed by atoms with van der Waals surface area (Å²) in [6.07, 6.45) is 4.15. The molecule has 5 nitrogen and oxygen atoms in total. The Balaban J connectivity index is 0.00000129. The Labute approximate surface area is 214 Å². The fourth-order valence-electron chi connectivity index (χ4n) is 3.06. The average molecular weight is 499 g/mol. The van der Waals surface area contributed by atoms with Crippen LogP contribution in [0.4, 0.5) is 0 Å². The molecule has 192 valence electrons. The summed E-state index contributed by atoms with van der Waals surface area (Å²) >= 11 is 1.58. The van der Waals surface area contributed by atoms with Gasteiger partial charge in [0.2, 0.25) is 0 Å². The topological polar surface area (TPSA) is 72.2 Å². The molecule has 3 aromatic rings. The number of carboxylic acid groups (broad SMARTS) is 1. The number of aryl methyl sites for hydroxylation is 1. The van der Waals surface area contributed by atoms with Crippen LogP contribution in [0.15, 0.2) is 53.4 Å². The molecular weight excluding hydrogens is 456 g/mol. The van der Waals surface area contributed by atoms with Gasteiger partial charge in [-0.3, -0.25) is 4.79 Å². The summed E-state index contributed by atoms with van der Waals surface area (Å²) in [4.78, 5) is 27.9. The first-order chi connectivity index (χ1) is 16.6. The largest absolute Gasteiger partial charge is 0.477 e. The lowest BCUT2D eigenvalue weighted by Gasteiger charge is -2.14. The van der Waals surface area contributed by atoms with Gasteiger partial charge < -0.3 is 9.67 Å². The number of hydrogen-bond donors (Lipinski definition) is 1. The van der Waals surface area contributed by atoms with Crippen molar-refractivity contribution in [2.45, 2.75) is 75.3 Å². The van der Waals surface area contributed by atoms with Crippen LogP contribution in [0.3, 0.4) is 0 Å². The van der Waals surface area contributed by atoms with Crippen molar-refractivity contribution in [2.24, 2.45) is 5.92 Å². The average Bonchev–Trinajstić information content (AvgIpc) is 3.31. The van der Waals surface area contributed by atoms with Gasteiger partial charge >= 0.3 is 5.97 Å². The van der Waals surface area contributed by atoms with Gasteiger partial charge in [0.1, 0.15) is 5.56 Å². The van der Waals surface area contributed by atoms with Crippen molar-refractivity contribution in [3.05, 3.63) is 75.7 Å². The predicted octanol–water partition coefficient (Wildman–Crippen LogP) is 8.40. The van der Waals surface area contributed by atoms with Crippen molar-refractivity contribution >= 4 is 38.7 Å². The minimum Gasteiger partial charge on any atom is -0.477 e. The molecule has 0 fully saturated rings. The fourth-order valence-corrected chi connectivity index (χ4v) is 3.76. The molecule has 0 spiro atoms. The molecule has 0 unspecified atom stereocenters. The summed E-state index contributed by atoms with van der Waals surface area (Å²) in [5.41, 5.74) is 5.27. The Morgan fingerprint density at radius 2 is 1.77 bits per heavy atom. The second kappa shape index (κ2) is 16.6. The molecule has 0 atom stereocenters. The summed E-state index contributed by atoms with van der Waals surface area (Å²) < 4.78 is 2.90. The Morgan fingerprint density at radius 1 is 1.17 bits per heavy atom. The van der Waals surface area contributed by atoms with Crippen LogP contribution < -0.4 is 5.43 Å². The van der Waals surface area contributed by atoms with E-state index in [2.05, 4.69) is 32.3 Å². The number of para-hydroxylation sites is 1. The molecule has 3 rings (SSSR count). The van der Waals surface area contributed by atoms with E-state index >= 15 is 0 Å². The first kappa shape index (κ1) is 32.0. The lowest BCUT2D eigenvalue weighted by atomic mass is 10.0. The SMILES string of the molecule is C=C(/C=C(\C)c1cc(=O)c(C(=O)O)cn1CCC)c1cccc2scnc12.CC.CC.CC(C)C. The van der Waals surface area contributed by atoms with E-state index in [-0.39, 0.29) is 5.56 Å². The normalized spacial score (nSPS) is 10.4. The molecule has 0 radical (unpaired) electrons. The molecule has 0 aliphatic rings. The number of carbonyl (C=O) groups is 1. The van der Waals surface area contributed by atoms with Crippen molar-refractivity contribution in [1.29, 1.82) is 0 Å². The number of allylic oxidation sites excluding steroid dienone is 3. The first-order valence-electron chi connectivity index (χ1n) is 12.3. The van der Waals surface area contributed by atoms with E-state index in [0.717, 1.165) is 39.3 Å². The number of benzene rings is 1. The van der Waals surface area contributed by atoms with E-state index in [1.54, 1.807) is 11.3 Å². The Morgan fingerprint density at radius 3 is 2.31 bits per heavy atom. The third kappa shape index (κ3) is 9.65. The predicted molar refractivity (Wildman–Crippen MR) is 153 cm³/mol. The van der Waals surface area contributed by atoms with Crippen LogP contribution in [-0.2, 0) is 6.54 Å². The quantitative estimate of drug-likeness (QED) is 0.346. The molecule has 35 heavy (non-hydrogen) atoms. The highest BCUT2D eigenvalue weighted by atomic mass is 32.1. The Kier molecular flexibility index (Phi) is 15.2. The maximum Gasteiger partial charge on any atom is 0.341 e. The van der Waals surface area contributed by atoms with Gasteiger partial charge in [-0.05, 0) is 42.6 Å². The zero-order chi connectivity index (χ0) is 27.1. The second-order valence-corrected chi connectivity index (χ2v) is 8.91. The monoisotopic (exact) mass is 498 g/mol. The van der Waals surface area contributed by atoms with Crippen molar-refractivity contribution in [3.63, 3.8) is 0 Å². The highest BCUT2D eigenvalue weighted by molar-refractivity contribution is 7.16. The third-order valence-corrected chi connectivity index (χ3v) is 5.12. The van der Waals surface area contributed by atoms with Crippen LogP contribution in [0, 0.1) is 5.92 Å². The number of nitrogens with zero attached hydrogens (tertiary/aromatic N) is 2. The van der Waals surface area contributed by atoms with Crippen LogP contribution >= 0.6 is 11.3 Å². The van der Waals surface area contributed by atoms with Gasteiger partial charge in [-0.2, -0.15) is 0 Å². The maximum absolute atomic E-state index is 12.2. The van der Waals surface area contributed by atoms with Crippen molar-refractivity contribution in [2.75, 3.05) is 0 Å². The lowest BCUT2D eigenvalue weighted by molar-refractivity contribution is 0.0694. The Hall–Kier alpha value is -2.99. The van der Waals surface area contributed by atoms with Crippen LogP contribution in [0.2, 0.25) is 0 Å².